The summed E-state index contributed by atoms with van der Waals surface area (Å²) in [6.07, 6.45) is 0. The average Bonchev–Trinajstić information content (AvgIpc) is 2.36. The Balaban J connectivity index is 2.97. The Labute approximate surface area is 132 Å². The molecule has 0 atom stereocenters. The molecule has 0 spiro atoms. The topological polar surface area (TPSA) is 41.9 Å². The molecule has 0 aliphatic carbocycles. The van der Waals surface area contributed by atoms with Crippen molar-refractivity contribution in [3.05, 3.63) is 22.7 Å². The Morgan fingerprint density at radius 3 is 2.43 bits per heavy atom. The summed E-state index contributed by atoms with van der Waals surface area (Å²) in [6, 6.07) is 3.83. The summed E-state index contributed by atoms with van der Waals surface area (Å²) in [6.45, 7) is 10.3. The van der Waals surface area contributed by atoms with Gasteiger partial charge in [0.2, 0.25) is 0 Å². The predicted octanol–water partition coefficient (Wildman–Crippen LogP) is 3.34. The molecule has 1 aromatic rings. The Morgan fingerprint density at radius 2 is 1.95 bits per heavy atom. The fourth-order valence-electron chi connectivity index (χ4n) is 2.26. The van der Waals surface area contributed by atoms with E-state index in [1.165, 1.54) is 0 Å². The number of likely N-dealkylation sites (N-methyl/N-ethyl adjacent to an activating group) is 1. The first-order valence-corrected chi connectivity index (χ1v) is 7.62. The summed E-state index contributed by atoms with van der Waals surface area (Å²) < 4.78 is 10.9. The average molecular weight is 316 g/mol. The number of ether oxygens (including phenoxy) is 2. The van der Waals surface area contributed by atoms with Crippen LogP contribution < -0.4 is 9.47 Å². The van der Waals surface area contributed by atoms with Crippen LogP contribution in [0.5, 0.6) is 11.5 Å². The molecule has 1 rings (SSSR count). The molecule has 0 saturated carbocycles. The first kappa shape index (κ1) is 18.1. The van der Waals surface area contributed by atoms with E-state index in [9.17, 15) is 5.11 Å². The van der Waals surface area contributed by atoms with E-state index in [2.05, 4.69) is 11.8 Å². The number of methoxy groups -OCH3 is 1. The summed E-state index contributed by atoms with van der Waals surface area (Å²) in [7, 11) is 1.58. The van der Waals surface area contributed by atoms with Crippen LogP contribution in [0.2, 0.25) is 5.02 Å². The fourth-order valence-corrected chi connectivity index (χ4v) is 2.57. The van der Waals surface area contributed by atoms with Gasteiger partial charge in [0.15, 0.2) is 11.5 Å². The Hall–Kier alpha value is -0.970. The standard InChI is InChI=1S/C16H26ClNO3/c1-6-18(11-16(3,4)19)10-12-8-13(17)15(20-5)14(9-12)21-7-2/h8-9,19H,6-7,10-11H2,1-5H3. The van der Waals surface area contributed by atoms with E-state index in [0.717, 1.165) is 12.1 Å². The summed E-state index contributed by atoms with van der Waals surface area (Å²) >= 11 is 6.26. The molecule has 0 radical (unpaired) electrons. The molecular formula is C16H26ClNO3. The van der Waals surface area contributed by atoms with Crippen LogP contribution in [-0.4, -0.2) is 42.4 Å². The van der Waals surface area contributed by atoms with Gasteiger partial charge in [-0.25, -0.2) is 0 Å². The van der Waals surface area contributed by atoms with Gasteiger partial charge in [-0.15, -0.1) is 0 Å². The van der Waals surface area contributed by atoms with E-state index in [4.69, 9.17) is 21.1 Å². The Morgan fingerprint density at radius 1 is 1.29 bits per heavy atom. The van der Waals surface area contributed by atoms with E-state index in [-0.39, 0.29) is 0 Å². The Kier molecular flexibility index (Phi) is 6.78. The molecule has 120 valence electrons. The van der Waals surface area contributed by atoms with Gasteiger partial charge in [-0.05, 0) is 45.0 Å². The molecule has 0 aromatic heterocycles. The number of aliphatic hydroxyl groups is 1. The normalized spacial score (nSPS) is 11.8. The summed E-state index contributed by atoms with van der Waals surface area (Å²) in [4.78, 5) is 2.16. The summed E-state index contributed by atoms with van der Waals surface area (Å²) in [5.41, 5.74) is 0.310. The van der Waals surface area contributed by atoms with Crippen LogP contribution in [0.3, 0.4) is 0 Å². The Bertz CT molecular complexity index is 458. The zero-order valence-corrected chi connectivity index (χ0v) is 14.3. The molecule has 0 aliphatic heterocycles. The zero-order valence-electron chi connectivity index (χ0n) is 13.6. The fraction of sp³-hybridized carbons (Fsp3) is 0.625. The van der Waals surface area contributed by atoms with Crippen molar-refractivity contribution in [2.24, 2.45) is 0 Å². The predicted molar refractivity (Wildman–Crippen MR) is 86.4 cm³/mol. The number of rotatable bonds is 8. The molecule has 4 nitrogen and oxygen atoms in total. The van der Waals surface area contributed by atoms with E-state index < -0.39 is 5.60 Å². The highest BCUT2D eigenvalue weighted by atomic mass is 35.5. The molecule has 0 bridgehead atoms. The van der Waals surface area contributed by atoms with Crippen molar-refractivity contribution < 1.29 is 14.6 Å². The van der Waals surface area contributed by atoms with Crippen LogP contribution in [-0.2, 0) is 6.54 Å². The first-order valence-electron chi connectivity index (χ1n) is 7.24. The first-order chi connectivity index (χ1) is 9.80. The van der Waals surface area contributed by atoms with E-state index in [1.54, 1.807) is 7.11 Å². The molecule has 0 fully saturated rings. The zero-order chi connectivity index (χ0) is 16.0. The van der Waals surface area contributed by atoms with Crippen molar-refractivity contribution in [1.82, 2.24) is 4.90 Å². The highest BCUT2D eigenvalue weighted by molar-refractivity contribution is 6.32. The van der Waals surface area contributed by atoms with Crippen LogP contribution >= 0.6 is 11.6 Å². The summed E-state index contributed by atoms with van der Waals surface area (Å²) in [5.74, 6) is 1.22. The smallest absolute Gasteiger partial charge is 0.179 e. The lowest BCUT2D eigenvalue weighted by Gasteiger charge is -2.28. The van der Waals surface area contributed by atoms with Crippen LogP contribution in [0.15, 0.2) is 12.1 Å². The maximum absolute atomic E-state index is 9.96. The van der Waals surface area contributed by atoms with Crippen molar-refractivity contribution >= 4 is 11.6 Å². The van der Waals surface area contributed by atoms with Crippen LogP contribution in [0.4, 0.5) is 0 Å². The van der Waals surface area contributed by atoms with E-state index in [1.807, 2.05) is 32.9 Å². The van der Waals surface area contributed by atoms with Gasteiger partial charge in [0, 0.05) is 13.1 Å². The molecule has 1 aromatic carbocycles. The maximum Gasteiger partial charge on any atom is 0.179 e. The third kappa shape index (κ3) is 5.73. The molecule has 21 heavy (non-hydrogen) atoms. The van der Waals surface area contributed by atoms with Gasteiger partial charge in [0.1, 0.15) is 0 Å². The second-order valence-corrected chi connectivity index (χ2v) is 6.06. The SMILES string of the molecule is CCOc1cc(CN(CC)CC(C)(C)O)cc(Cl)c1OC. The highest BCUT2D eigenvalue weighted by Gasteiger charge is 2.19. The maximum atomic E-state index is 9.96. The van der Waals surface area contributed by atoms with Crippen molar-refractivity contribution in [2.75, 3.05) is 26.8 Å². The van der Waals surface area contributed by atoms with Gasteiger partial charge in [-0.1, -0.05) is 18.5 Å². The molecule has 0 amide bonds. The number of halogens is 1. The molecule has 0 unspecified atom stereocenters. The van der Waals surface area contributed by atoms with Crippen LogP contribution in [0.1, 0.15) is 33.3 Å². The van der Waals surface area contributed by atoms with Gasteiger partial charge in [0.05, 0.1) is 24.3 Å². The third-order valence-electron chi connectivity index (χ3n) is 3.04. The largest absolute Gasteiger partial charge is 0.491 e. The second kappa shape index (κ2) is 7.87. The molecule has 1 N–H and O–H groups in total. The monoisotopic (exact) mass is 315 g/mol. The van der Waals surface area contributed by atoms with Crippen LogP contribution in [0, 0.1) is 0 Å². The minimum Gasteiger partial charge on any atom is -0.491 e. The lowest BCUT2D eigenvalue weighted by atomic mass is 10.1. The highest BCUT2D eigenvalue weighted by Crippen LogP contribution is 2.36. The molecule has 0 saturated heterocycles. The number of hydrogen-bond donors (Lipinski definition) is 1. The molecule has 0 heterocycles. The quantitative estimate of drug-likeness (QED) is 0.799. The lowest BCUT2D eigenvalue weighted by Crippen LogP contribution is -2.38. The van der Waals surface area contributed by atoms with Gasteiger partial charge >= 0.3 is 0 Å². The van der Waals surface area contributed by atoms with Crippen molar-refractivity contribution in [3.63, 3.8) is 0 Å². The summed E-state index contributed by atoms with van der Waals surface area (Å²) in [5, 5.41) is 10.5. The van der Waals surface area contributed by atoms with Gasteiger partial charge in [-0.3, -0.25) is 4.90 Å². The van der Waals surface area contributed by atoms with Crippen LogP contribution in [0.25, 0.3) is 0 Å². The number of hydrogen-bond acceptors (Lipinski definition) is 4. The number of nitrogens with zero attached hydrogens (tertiary/aromatic N) is 1. The minimum atomic E-state index is -0.727. The van der Waals surface area contributed by atoms with Gasteiger partial charge in [-0.2, -0.15) is 0 Å². The van der Waals surface area contributed by atoms with Gasteiger partial charge < -0.3 is 14.6 Å². The number of benzene rings is 1. The van der Waals surface area contributed by atoms with Crippen molar-refractivity contribution in [3.8, 4) is 11.5 Å². The second-order valence-electron chi connectivity index (χ2n) is 5.66. The lowest BCUT2D eigenvalue weighted by molar-refractivity contribution is 0.0353. The van der Waals surface area contributed by atoms with E-state index in [0.29, 0.717) is 36.2 Å². The van der Waals surface area contributed by atoms with Gasteiger partial charge in [0.25, 0.3) is 0 Å². The molecule has 0 aliphatic rings. The van der Waals surface area contributed by atoms with Crippen molar-refractivity contribution in [1.29, 1.82) is 0 Å². The van der Waals surface area contributed by atoms with Crippen molar-refractivity contribution in [2.45, 2.75) is 39.8 Å². The van der Waals surface area contributed by atoms with E-state index >= 15 is 0 Å². The molecular weight excluding hydrogens is 290 g/mol. The third-order valence-corrected chi connectivity index (χ3v) is 3.32. The minimum absolute atomic E-state index is 0.540. The molecule has 5 heteroatoms.